The minimum Gasteiger partial charge on any atom is -0.463 e. The molecule has 0 saturated carbocycles. The molecule has 0 aliphatic rings. The fraction of sp³-hybridized carbons (Fsp3) is 0.933. The molecule has 2 unspecified atom stereocenters. The Morgan fingerprint density at radius 3 is 2.45 bits per heavy atom. The van der Waals surface area contributed by atoms with Crippen molar-refractivity contribution in [2.24, 2.45) is 5.92 Å². The van der Waals surface area contributed by atoms with E-state index in [-0.39, 0.29) is 25.8 Å². The molecular formula is C15H30O5. The first-order valence-corrected chi connectivity index (χ1v) is 7.69. The van der Waals surface area contributed by atoms with E-state index in [1.165, 1.54) is 0 Å². The van der Waals surface area contributed by atoms with Crippen molar-refractivity contribution in [1.82, 2.24) is 0 Å². The molecule has 0 aliphatic carbocycles. The number of hydrogen-bond donors (Lipinski definition) is 3. The van der Waals surface area contributed by atoms with Crippen LogP contribution in [-0.2, 0) is 9.53 Å². The van der Waals surface area contributed by atoms with Crippen LogP contribution in [0.15, 0.2) is 0 Å². The maximum absolute atomic E-state index is 11.2. The molecule has 0 fully saturated rings. The zero-order valence-electron chi connectivity index (χ0n) is 12.6. The Morgan fingerprint density at radius 2 is 1.85 bits per heavy atom. The van der Waals surface area contributed by atoms with Gasteiger partial charge < -0.3 is 20.1 Å². The number of rotatable bonds is 13. The normalized spacial score (nSPS) is 14.0. The minimum atomic E-state index is -0.633. The summed E-state index contributed by atoms with van der Waals surface area (Å²) in [5, 5.41) is 27.0. The van der Waals surface area contributed by atoms with E-state index in [0.717, 1.165) is 38.5 Å². The van der Waals surface area contributed by atoms with Crippen molar-refractivity contribution < 1.29 is 24.9 Å². The van der Waals surface area contributed by atoms with Crippen LogP contribution in [0.3, 0.4) is 0 Å². The van der Waals surface area contributed by atoms with Crippen molar-refractivity contribution in [2.75, 3.05) is 19.8 Å². The van der Waals surface area contributed by atoms with Gasteiger partial charge in [0, 0.05) is 6.42 Å². The van der Waals surface area contributed by atoms with Crippen LogP contribution in [0.4, 0.5) is 0 Å². The average molecular weight is 290 g/mol. The Morgan fingerprint density at radius 1 is 1.15 bits per heavy atom. The summed E-state index contributed by atoms with van der Waals surface area (Å²) in [6.45, 7) is 1.89. The van der Waals surface area contributed by atoms with Crippen LogP contribution >= 0.6 is 0 Å². The Hall–Kier alpha value is -0.650. The SMILES string of the molecule is CCCCC(CCCCC(=O)OCCO)CC(O)CO. The van der Waals surface area contributed by atoms with Crippen molar-refractivity contribution >= 4 is 5.97 Å². The fourth-order valence-electron chi connectivity index (χ4n) is 2.27. The second-order valence-corrected chi connectivity index (χ2v) is 5.27. The molecule has 5 heteroatoms. The lowest BCUT2D eigenvalue weighted by Gasteiger charge is -2.19. The molecule has 0 aromatic carbocycles. The van der Waals surface area contributed by atoms with Crippen LogP contribution in [-0.4, -0.2) is 47.2 Å². The first kappa shape index (κ1) is 19.4. The summed E-state index contributed by atoms with van der Waals surface area (Å²) in [6.07, 6.45) is 6.33. The molecule has 120 valence electrons. The molecule has 2 atom stereocenters. The lowest BCUT2D eigenvalue weighted by Crippen LogP contribution is -2.17. The number of unbranched alkanes of at least 4 members (excludes halogenated alkanes) is 2. The van der Waals surface area contributed by atoms with Crippen LogP contribution in [0.5, 0.6) is 0 Å². The molecule has 0 spiro atoms. The summed E-state index contributed by atoms with van der Waals surface area (Å²) in [6, 6.07) is 0. The maximum atomic E-state index is 11.2. The highest BCUT2D eigenvalue weighted by atomic mass is 16.5. The quantitative estimate of drug-likeness (QED) is 0.354. The number of carbonyl (C=O) groups excluding carboxylic acids is 1. The molecule has 0 aliphatic heterocycles. The summed E-state index contributed by atoms with van der Waals surface area (Å²) < 4.78 is 4.78. The van der Waals surface area contributed by atoms with Gasteiger partial charge in [0.1, 0.15) is 6.61 Å². The summed E-state index contributed by atoms with van der Waals surface area (Å²) in [4.78, 5) is 11.2. The monoisotopic (exact) mass is 290 g/mol. The summed E-state index contributed by atoms with van der Waals surface area (Å²) >= 11 is 0. The topological polar surface area (TPSA) is 87.0 Å². The van der Waals surface area contributed by atoms with Gasteiger partial charge in [-0.25, -0.2) is 0 Å². The van der Waals surface area contributed by atoms with E-state index in [0.29, 0.717) is 18.8 Å². The number of aliphatic hydroxyl groups excluding tert-OH is 3. The molecule has 0 saturated heterocycles. The summed E-state index contributed by atoms with van der Waals surface area (Å²) in [7, 11) is 0. The van der Waals surface area contributed by atoms with Crippen LogP contribution in [0.2, 0.25) is 0 Å². The van der Waals surface area contributed by atoms with E-state index in [1.54, 1.807) is 0 Å². The van der Waals surface area contributed by atoms with Crippen LogP contribution in [0, 0.1) is 5.92 Å². The molecule has 0 aromatic rings. The molecule has 20 heavy (non-hydrogen) atoms. The van der Waals surface area contributed by atoms with E-state index in [4.69, 9.17) is 14.9 Å². The Bertz CT molecular complexity index is 232. The summed E-state index contributed by atoms with van der Waals surface area (Å²) in [5.74, 6) is 0.144. The highest BCUT2D eigenvalue weighted by Gasteiger charge is 2.14. The van der Waals surface area contributed by atoms with E-state index in [1.807, 2.05) is 0 Å². The van der Waals surface area contributed by atoms with Gasteiger partial charge in [0.2, 0.25) is 0 Å². The van der Waals surface area contributed by atoms with Crippen molar-refractivity contribution in [3.63, 3.8) is 0 Å². The van der Waals surface area contributed by atoms with Crippen LogP contribution < -0.4 is 0 Å². The third-order valence-corrected chi connectivity index (χ3v) is 3.38. The van der Waals surface area contributed by atoms with Crippen molar-refractivity contribution in [3.8, 4) is 0 Å². The van der Waals surface area contributed by atoms with Crippen LogP contribution in [0.25, 0.3) is 0 Å². The van der Waals surface area contributed by atoms with Gasteiger partial charge >= 0.3 is 5.97 Å². The summed E-state index contributed by atoms with van der Waals surface area (Å²) in [5.41, 5.74) is 0. The Kier molecular flexibility index (Phi) is 12.9. The van der Waals surface area contributed by atoms with Gasteiger partial charge in [-0.2, -0.15) is 0 Å². The maximum Gasteiger partial charge on any atom is 0.305 e. The van der Waals surface area contributed by atoms with E-state index in [2.05, 4.69) is 6.92 Å². The minimum absolute atomic E-state index is 0.0701. The first-order chi connectivity index (χ1) is 9.63. The largest absolute Gasteiger partial charge is 0.463 e. The van der Waals surface area contributed by atoms with Gasteiger partial charge in [-0.3, -0.25) is 4.79 Å². The zero-order chi connectivity index (χ0) is 15.2. The lowest BCUT2D eigenvalue weighted by molar-refractivity contribution is -0.144. The average Bonchev–Trinajstić information content (AvgIpc) is 2.46. The molecule has 5 nitrogen and oxygen atoms in total. The number of aliphatic hydroxyl groups is 3. The van der Waals surface area contributed by atoms with Gasteiger partial charge in [-0.05, 0) is 18.8 Å². The number of ether oxygens (including phenoxy) is 1. The van der Waals surface area contributed by atoms with Gasteiger partial charge in [0.25, 0.3) is 0 Å². The predicted molar refractivity (Wildman–Crippen MR) is 77.2 cm³/mol. The molecule has 0 aromatic heterocycles. The van der Waals surface area contributed by atoms with Crippen molar-refractivity contribution in [3.05, 3.63) is 0 Å². The van der Waals surface area contributed by atoms with E-state index >= 15 is 0 Å². The smallest absolute Gasteiger partial charge is 0.305 e. The molecule has 0 bridgehead atoms. The van der Waals surface area contributed by atoms with Crippen molar-refractivity contribution in [1.29, 1.82) is 0 Å². The number of esters is 1. The molecule has 0 amide bonds. The standard InChI is InChI=1S/C15H30O5/c1-2-3-6-13(11-14(18)12-17)7-4-5-8-15(19)20-10-9-16/h13-14,16-18H,2-12H2,1H3. The van der Waals surface area contributed by atoms with Gasteiger partial charge in [-0.15, -0.1) is 0 Å². The first-order valence-electron chi connectivity index (χ1n) is 7.69. The highest BCUT2D eigenvalue weighted by Crippen LogP contribution is 2.22. The van der Waals surface area contributed by atoms with Gasteiger partial charge in [0.15, 0.2) is 0 Å². The van der Waals surface area contributed by atoms with Crippen molar-refractivity contribution in [2.45, 2.75) is 64.4 Å². The molecule has 0 heterocycles. The third kappa shape index (κ3) is 11.2. The number of hydrogen-bond acceptors (Lipinski definition) is 5. The molecule has 0 radical (unpaired) electrons. The molecule has 3 N–H and O–H groups in total. The fourth-order valence-corrected chi connectivity index (χ4v) is 2.27. The lowest BCUT2D eigenvalue weighted by atomic mass is 9.90. The van der Waals surface area contributed by atoms with Gasteiger partial charge in [-0.1, -0.05) is 39.0 Å². The van der Waals surface area contributed by atoms with Crippen LogP contribution in [0.1, 0.15) is 58.3 Å². The van der Waals surface area contributed by atoms with Gasteiger partial charge in [0.05, 0.1) is 19.3 Å². The Balaban J connectivity index is 3.79. The highest BCUT2D eigenvalue weighted by molar-refractivity contribution is 5.69. The second kappa shape index (κ2) is 13.3. The predicted octanol–water partition coefficient (Wildman–Crippen LogP) is 1.63. The zero-order valence-corrected chi connectivity index (χ0v) is 12.6. The number of carbonyl (C=O) groups is 1. The Labute approximate surface area is 122 Å². The molecular weight excluding hydrogens is 260 g/mol. The van der Waals surface area contributed by atoms with E-state index in [9.17, 15) is 9.90 Å². The van der Waals surface area contributed by atoms with E-state index < -0.39 is 6.10 Å². The second-order valence-electron chi connectivity index (χ2n) is 5.27. The third-order valence-electron chi connectivity index (χ3n) is 3.38. The molecule has 0 rings (SSSR count).